The summed E-state index contributed by atoms with van der Waals surface area (Å²) >= 11 is 0. The molecular weight excluding hydrogens is 432 g/mol. The zero-order valence-corrected chi connectivity index (χ0v) is 18.9. The van der Waals surface area contributed by atoms with Gasteiger partial charge in [0, 0.05) is 35.1 Å². The van der Waals surface area contributed by atoms with Crippen LogP contribution in [-0.2, 0) is 10.0 Å². The summed E-state index contributed by atoms with van der Waals surface area (Å²) < 4.78 is 44.0. The van der Waals surface area contributed by atoms with Gasteiger partial charge >= 0.3 is 0 Å². The third kappa shape index (κ3) is 5.30. The Morgan fingerprint density at radius 1 is 0.750 bits per heavy atom. The van der Waals surface area contributed by atoms with Crippen LogP contribution < -0.4 is 24.2 Å². The van der Waals surface area contributed by atoms with Gasteiger partial charge in [-0.1, -0.05) is 6.07 Å². The molecule has 0 aliphatic heterocycles. The van der Waals surface area contributed by atoms with Crippen molar-refractivity contribution in [3.05, 3.63) is 71.8 Å². The maximum absolute atomic E-state index is 13.0. The first-order valence-corrected chi connectivity index (χ1v) is 11.1. The van der Waals surface area contributed by atoms with Gasteiger partial charge in [0.25, 0.3) is 15.9 Å². The van der Waals surface area contributed by atoms with Crippen molar-refractivity contribution in [3.8, 4) is 17.2 Å². The third-order valence-corrected chi connectivity index (χ3v) is 6.21. The zero-order chi connectivity index (χ0) is 23.3. The highest BCUT2D eigenvalue weighted by Crippen LogP contribution is 2.27. The molecule has 0 bridgehead atoms. The van der Waals surface area contributed by atoms with Crippen LogP contribution in [0.2, 0.25) is 0 Å². The number of ether oxygens (including phenoxy) is 3. The van der Waals surface area contributed by atoms with E-state index in [0.29, 0.717) is 34.2 Å². The lowest BCUT2D eigenvalue weighted by Gasteiger charge is -2.13. The number of amides is 1. The Morgan fingerprint density at radius 3 is 1.91 bits per heavy atom. The van der Waals surface area contributed by atoms with E-state index in [0.717, 1.165) is 0 Å². The maximum Gasteiger partial charge on any atom is 0.262 e. The molecule has 0 aromatic heterocycles. The summed E-state index contributed by atoms with van der Waals surface area (Å²) in [6.45, 7) is 1.66. The van der Waals surface area contributed by atoms with Gasteiger partial charge in [-0.2, -0.15) is 0 Å². The average Bonchev–Trinajstić information content (AvgIpc) is 2.79. The van der Waals surface area contributed by atoms with Crippen molar-refractivity contribution in [3.63, 3.8) is 0 Å². The molecule has 1 amide bonds. The highest BCUT2D eigenvalue weighted by molar-refractivity contribution is 7.92. The molecule has 0 spiro atoms. The number of methoxy groups -OCH3 is 3. The molecule has 0 fully saturated rings. The Bertz CT molecular complexity index is 1200. The molecule has 3 aromatic rings. The van der Waals surface area contributed by atoms with Gasteiger partial charge in [0.05, 0.1) is 26.2 Å². The SMILES string of the molecule is COc1ccc(NS(=O)(=O)c2cc(C(=O)Nc3cc(OC)cc(OC)c3)ccc2C)cc1. The first-order valence-electron chi connectivity index (χ1n) is 9.57. The molecule has 2 N–H and O–H groups in total. The van der Waals surface area contributed by atoms with E-state index in [1.165, 1.54) is 27.4 Å². The monoisotopic (exact) mass is 456 g/mol. The van der Waals surface area contributed by atoms with Gasteiger partial charge in [0.15, 0.2) is 0 Å². The molecule has 0 aliphatic carbocycles. The number of carbonyl (C=O) groups is 1. The number of nitrogens with one attached hydrogen (secondary N) is 2. The van der Waals surface area contributed by atoms with E-state index in [4.69, 9.17) is 14.2 Å². The maximum atomic E-state index is 13.0. The minimum atomic E-state index is -3.92. The van der Waals surface area contributed by atoms with Gasteiger partial charge in [0.1, 0.15) is 17.2 Å². The number of rotatable bonds is 8. The standard InChI is InChI=1S/C23H24N2O6S/c1-15-5-6-16(23(26)24-18-12-20(30-3)14-21(13-18)31-4)11-22(15)32(27,28)25-17-7-9-19(29-2)10-8-17/h5-14,25H,1-4H3,(H,24,26). The number of sulfonamides is 1. The summed E-state index contributed by atoms with van der Waals surface area (Å²) in [5.74, 6) is 1.16. The van der Waals surface area contributed by atoms with Gasteiger partial charge in [-0.25, -0.2) is 8.42 Å². The Hall–Kier alpha value is -3.72. The molecule has 0 saturated carbocycles. The minimum absolute atomic E-state index is 0.00388. The van der Waals surface area contributed by atoms with Gasteiger partial charge in [-0.3, -0.25) is 9.52 Å². The van der Waals surface area contributed by atoms with Crippen LogP contribution in [0.5, 0.6) is 17.2 Å². The van der Waals surface area contributed by atoms with Gasteiger partial charge < -0.3 is 19.5 Å². The van der Waals surface area contributed by atoms with E-state index in [-0.39, 0.29) is 10.5 Å². The van der Waals surface area contributed by atoms with Crippen LogP contribution in [0.25, 0.3) is 0 Å². The fourth-order valence-corrected chi connectivity index (χ4v) is 4.31. The van der Waals surface area contributed by atoms with Crippen molar-refractivity contribution < 1.29 is 27.4 Å². The van der Waals surface area contributed by atoms with E-state index in [2.05, 4.69) is 10.0 Å². The predicted molar refractivity (Wildman–Crippen MR) is 122 cm³/mol. The number of aryl methyl sites for hydroxylation is 1. The van der Waals surface area contributed by atoms with Crippen molar-refractivity contribution in [2.24, 2.45) is 0 Å². The normalized spacial score (nSPS) is 10.9. The number of hydrogen-bond acceptors (Lipinski definition) is 6. The molecule has 32 heavy (non-hydrogen) atoms. The summed E-state index contributed by atoms with van der Waals surface area (Å²) in [5.41, 5.74) is 1.52. The second-order valence-corrected chi connectivity index (χ2v) is 8.52. The number of carbonyl (C=O) groups excluding carboxylic acids is 1. The summed E-state index contributed by atoms with van der Waals surface area (Å²) in [4.78, 5) is 12.8. The van der Waals surface area contributed by atoms with Gasteiger partial charge in [0.2, 0.25) is 0 Å². The topological polar surface area (TPSA) is 103 Å². The van der Waals surface area contributed by atoms with Crippen molar-refractivity contribution >= 4 is 27.3 Å². The molecule has 0 saturated heterocycles. The van der Waals surface area contributed by atoms with Crippen molar-refractivity contribution in [1.82, 2.24) is 0 Å². The molecule has 0 heterocycles. The van der Waals surface area contributed by atoms with E-state index >= 15 is 0 Å². The van der Waals surface area contributed by atoms with E-state index in [1.807, 2.05) is 0 Å². The average molecular weight is 457 g/mol. The summed E-state index contributed by atoms with van der Waals surface area (Å²) in [6, 6.07) is 15.9. The third-order valence-electron chi connectivity index (χ3n) is 4.69. The molecule has 0 aliphatic rings. The zero-order valence-electron chi connectivity index (χ0n) is 18.1. The minimum Gasteiger partial charge on any atom is -0.497 e. The first-order chi connectivity index (χ1) is 15.2. The largest absolute Gasteiger partial charge is 0.497 e. The van der Waals surface area contributed by atoms with Crippen LogP contribution in [0.1, 0.15) is 15.9 Å². The highest BCUT2D eigenvalue weighted by atomic mass is 32.2. The predicted octanol–water partition coefficient (Wildman–Crippen LogP) is 4.07. The summed E-state index contributed by atoms with van der Waals surface area (Å²) in [7, 11) is 0.618. The van der Waals surface area contributed by atoms with Crippen LogP contribution in [0.3, 0.4) is 0 Å². The fraction of sp³-hybridized carbons (Fsp3) is 0.174. The van der Waals surface area contributed by atoms with Crippen LogP contribution in [0.15, 0.2) is 65.6 Å². The lowest BCUT2D eigenvalue weighted by molar-refractivity contribution is 0.102. The van der Waals surface area contributed by atoms with E-state index in [9.17, 15) is 13.2 Å². The van der Waals surface area contributed by atoms with Crippen LogP contribution in [-0.4, -0.2) is 35.7 Å². The summed E-state index contributed by atoms with van der Waals surface area (Å²) in [6.07, 6.45) is 0. The number of anilines is 2. The molecule has 0 atom stereocenters. The molecule has 3 rings (SSSR count). The van der Waals surface area contributed by atoms with Gasteiger partial charge in [-0.15, -0.1) is 0 Å². The van der Waals surface area contributed by atoms with Crippen molar-refractivity contribution in [1.29, 1.82) is 0 Å². The Balaban J connectivity index is 1.86. The second-order valence-electron chi connectivity index (χ2n) is 6.87. The molecule has 3 aromatic carbocycles. The molecular formula is C23H24N2O6S. The quantitative estimate of drug-likeness (QED) is 0.530. The molecule has 8 nitrogen and oxygen atoms in total. The number of hydrogen-bond donors (Lipinski definition) is 2. The van der Waals surface area contributed by atoms with Crippen LogP contribution in [0.4, 0.5) is 11.4 Å². The Morgan fingerprint density at radius 2 is 1.34 bits per heavy atom. The highest BCUT2D eigenvalue weighted by Gasteiger charge is 2.20. The lowest BCUT2D eigenvalue weighted by Crippen LogP contribution is -2.17. The van der Waals surface area contributed by atoms with Crippen LogP contribution >= 0.6 is 0 Å². The Labute approximate surface area is 187 Å². The smallest absolute Gasteiger partial charge is 0.262 e. The number of benzene rings is 3. The molecule has 0 radical (unpaired) electrons. The fourth-order valence-electron chi connectivity index (χ4n) is 2.98. The second kappa shape index (κ2) is 9.61. The molecule has 9 heteroatoms. The Kier molecular flexibility index (Phi) is 6.89. The molecule has 0 unspecified atom stereocenters. The van der Waals surface area contributed by atoms with Crippen molar-refractivity contribution in [2.75, 3.05) is 31.4 Å². The molecule has 168 valence electrons. The van der Waals surface area contributed by atoms with E-state index in [1.54, 1.807) is 61.5 Å². The lowest BCUT2D eigenvalue weighted by atomic mass is 10.1. The summed E-state index contributed by atoms with van der Waals surface area (Å²) in [5, 5.41) is 2.74. The van der Waals surface area contributed by atoms with E-state index < -0.39 is 15.9 Å². The van der Waals surface area contributed by atoms with Crippen molar-refractivity contribution in [2.45, 2.75) is 11.8 Å². The first kappa shape index (κ1) is 23.0. The van der Waals surface area contributed by atoms with Gasteiger partial charge in [-0.05, 0) is 48.9 Å². The van der Waals surface area contributed by atoms with Crippen LogP contribution in [0, 0.1) is 6.92 Å².